The number of carbonyl (C=O) groups excluding carboxylic acids is 1. The van der Waals surface area contributed by atoms with Crippen molar-refractivity contribution in [2.24, 2.45) is 5.92 Å². The molecule has 2 aliphatic rings. The summed E-state index contributed by atoms with van der Waals surface area (Å²) in [5.74, 6) is -0.997. The first kappa shape index (κ1) is 103. The zero-order valence-electron chi connectivity index (χ0n) is 52.2. The summed E-state index contributed by atoms with van der Waals surface area (Å²) in [4.78, 5) is 11.6. The Morgan fingerprint density at radius 1 is 0.591 bits per heavy atom. The zero-order valence-corrected chi connectivity index (χ0v) is 68.4. The van der Waals surface area contributed by atoms with Gasteiger partial charge >= 0.3 is 33.0 Å². The van der Waals surface area contributed by atoms with Gasteiger partial charge < -0.3 is 116 Å². The number of unbranched alkanes of at least 4 members (excludes halogenated alkanes) is 4. The third-order valence-corrected chi connectivity index (χ3v) is 17.7. The molecule has 2 saturated heterocycles. The van der Waals surface area contributed by atoms with Crippen molar-refractivity contribution in [3.8, 4) is 0 Å². The molecule has 0 aliphatic carbocycles. The Balaban J connectivity index is -0.000000486. The third-order valence-electron chi connectivity index (χ3n) is 12.2. The first-order valence-corrected chi connectivity index (χ1v) is 34.6. The molecular formula is C49H107N2O28P5Y4. The summed E-state index contributed by atoms with van der Waals surface area (Å²) in [6.45, 7) is 17.0. The number of nitrogens with zero attached hydrogens (tertiary/aromatic N) is 1. The normalized spacial score (nSPS) is 23.7. The number of aliphatic hydroxyl groups excluding tert-OH is 9. The molecule has 1 amide bonds. The van der Waals surface area contributed by atoms with Crippen molar-refractivity contribution in [2.45, 2.75) is 200 Å². The van der Waals surface area contributed by atoms with Crippen LogP contribution in [0.15, 0.2) is 0 Å². The summed E-state index contributed by atoms with van der Waals surface area (Å²) in [7, 11) is -11.4. The number of aliphatic hydroxyl groups is 9. The van der Waals surface area contributed by atoms with Crippen LogP contribution in [-0.4, -0.2) is 248 Å². The van der Waals surface area contributed by atoms with Crippen LogP contribution in [0.2, 0.25) is 0 Å². The van der Waals surface area contributed by atoms with Crippen LogP contribution in [0.4, 0.5) is 0 Å². The van der Waals surface area contributed by atoms with Crippen LogP contribution in [0.3, 0.4) is 0 Å². The van der Waals surface area contributed by atoms with Crippen LogP contribution < -0.4 is 5.32 Å². The molecule has 30 nitrogen and oxygen atoms in total. The van der Waals surface area contributed by atoms with Crippen molar-refractivity contribution < 1.29 is 264 Å². The summed E-state index contributed by atoms with van der Waals surface area (Å²) >= 11 is 0. The van der Waals surface area contributed by atoms with E-state index in [1.165, 1.54) is 14.0 Å². The molecule has 0 spiro atoms. The largest absolute Gasteiger partial charge is 0.394 e. The van der Waals surface area contributed by atoms with E-state index in [1.54, 1.807) is 6.92 Å². The van der Waals surface area contributed by atoms with Gasteiger partial charge in [-0.2, -0.15) is 0 Å². The number of amides is 1. The van der Waals surface area contributed by atoms with Crippen molar-refractivity contribution in [3.63, 3.8) is 0 Å². The van der Waals surface area contributed by atoms with Gasteiger partial charge in [-0.15, -0.1) is 0 Å². The maximum atomic E-state index is 12.4. The first-order chi connectivity index (χ1) is 39.5. The smallest absolute Gasteiger partial charge is 0.319 e. The second-order valence-corrected chi connectivity index (χ2v) is 25.5. The average molecular weight is 1680 g/mol. The van der Waals surface area contributed by atoms with Crippen molar-refractivity contribution in [1.82, 2.24) is 9.99 Å². The van der Waals surface area contributed by atoms with E-state index < -0.39 is 147 Å². The van der Waals surface area contributed by atoms with Crippen molar-refractivity contribution in [1.29, 1.82) is 0 Å². The Hall–Kier alpha value is 4.28. The fourth-order valence-corrected chi connectivity index (χ4v) is 12.1. The predicted octanol–water partition coefficient (Wildman–Crippen LogP) is 3.30. The van der Waals surface area contributed by atoms with Crippen LogP contribution in [0.25, 0.3) is 0 Å². The number of nitrogens with one attached hydrogen (secondary N) is 1. The molecule has 16 atom stereocenters. The van der Waals surface area contributed by atoms with Crippen molar-refractivity contribution >= 4 is 47.2 Å². The third kappa shape index (κ3) is 48.1. The standard InChI is InChI=1S/C31H63NO23P4.C14H32NO2P.C3H8O3.CH4.4Y/c1-20-26(36)27(37)23(16-33)53-30(20)45-10-6-4-8-12-47-57(41)51-18-22(55-59(43)50-15-14-49-56(40)44-3)19-52-58(42)48-13-9-5-7-11-46-31-25(32-21(2)35)29(39)28(38)24(17-34)54-31;1-8-14(9-2)16-10-11-17-18(7)15(12(3)4)13(5)6;4-1-3(6)2-5;;;;;/h20,22-31,33-34,36-39,56-59H,4-19H2,1-3H3,(H,32,35);12-14H,8-11H2,1-7H3;3-6H,1-2H2;1H4;;;;. The Labute approximate surface area is 626 Å². The maximum absolute atomic E-state index is 12.4. The molecule has 88 heavy (non-hydrogen) atoms. The molecule has 2 aliphatic heterocycles. The van der Waals surface area contributed by atoms with Gasteiger partial charge in [-0.1, -0.05) is 28.2 Å². The quantitative estimate of drug-likeness (QED) is 0.0309. The molecule has 2 rings (SSSR count). The van der Waals surface area contributed by atoms with Crippen LogP contribution in [0, 0.1) is 5.92 Å². The van der Waals surface area contributed by atoms with Crippen LogP contribution in [0.5, 0.6) is 0 Å². The molecule has 2 fully saturated rings. The minimum atomic E-state index is -3.22. The Kier molecular flexibility index (Phi) is 75.9. The van der Waals surface area contributed by atoms with Crippen LogP contribution >= 0.6 is 41.3 Å². The summed E-state index contributed by atoms with van der Waals surface area (Å²) in [6.07, 6.45) is -5.72. The van der Waals surface area contributed by atoms with E-state index >= 15 is 0 Å². The van der Waals surface area contributed by atoms with Gasteiger partial charge in [-0.3, -0.25) is 27.7 Å². The monoisotopic (exact) mass is 1680 g/mol. The van der Waals surface area contributed by atoms with E-state index in [1.807, 2.05) is 0 Å². The number of carbonyl (C=O) groups is 1. The molecule has 0 saturated carbocycles. The van der Waals surface area contributed by atoms with Gasteiger partial charge in [-0.25, -0.2) is 0 Å². The SMILES string of the molecule is C.CCC(CC)OCCOP(C)N(C(C)C)C(C)C.CO[PH](=O)OCCO[PH](=O)OC(CO[PH](=O)OCCCCCOC1OC(CO)C(O)C(O)C1C)CO[PH](=O)OCCCCCOC1OC(CO)C(O)C(O)C1NC(C)=O.OCC(O)CO.[Y].[Y].[Y].[Y]. The summed E-state index contributed by atoms with van der Waals surface area (Å²) in [5.41, 5.74) is 0. The van der Waals surface area contributed by atoms with Gasteiger partial charge in [0.25, 0.3) is 0 Å². The second kappa shape index (κ2) is 64.6. The first-order valence-electron chi connectivity index (χ1n) is 28.0. The Morgan fingerprint density at radius 3 is 1.44 bits per heavy atom. The minimum Gasteiger partial charge on any atom is -0.394 e. The van der Waals surface area contributed by atoms with Crippen LogP contribution in [-0.2, 0) is 218 Å². The van der Waals surface area contributed by atoms with Gasteiger partial charge in [0.1, 0.15) is 57.1 Å². The summed E-state index contributed by atoms with van der Waals surface area (Å²) in [5, 5.41) is 85.8. The molecule has 0 aromatic rings. The van der Waals surface area contributed by atoms with E-state index in [4.69, 9.17) is 75.2 Å². The van der Waals surface area contributed by atoms with E-state index in [9.17, 15) is 53.7 Å². The number of ether oxygens (including phenoxy) is 5. The summed E-state index contributed by atoms with van der Waals surface area (Å²) in [6, 6.07) is -0.00818. The molecule has 10 N–H and O–H groups in total. The van der Waals surface area contributed by atoms with Gasteiger partial charge in [0, 0.05) is 176 Å². The van der Waals surface area contributed by atoms with E-state index in [2.05, 4.69) is 62.7 Å². The molecule has 2 heterocycles. The molecule has 16 unspecified atom stereocenters. The molecule has 518 valence electrons. The number of hydrogen-bond donors (Lipinski definition) is 10. The second-order valence-electron chi connectivity index (χ2n) is 19.5. The molecule has 0 bridgehead atoms. The fourth-order valence-electron chi connectivity index (χ4n) is 7.78. The number of rotatable bonds is 45. The van der Waals surface area contributed by atoms with E-state index in [-0.39, 0.29) is 191 Å². The zero-order chi connectivity index (χ0) is 62.9. The van der Waals surface area contributed by atoms with Crippen LogP contribution in [0.1, 0.15) is 114 Å². The fraction of sp³-hybridized carbons (Fsp3) is 0.980. The molecular weight excluding hydrogens is 1580 g/mol. The minimum absolute atomic E-state index is 0. The molecule has 4 radical (unpaired) electrons. The average Bonchev–Trinajstić information content (AvgIpc) is 3.60. The van der Waals surface area contributed by atoms with Gasteiger partial charge in [0.15, 0.2) is 12.6 Å². The molecule has 0 aromatic heterocycles. The van der Waals surface area contributed by atoms with Crippen molar-refractivity contribution in [2.75, 3.05) is 106 Å². The Bertz CT molecular complexity index is 1720. The van der Waals surface area contributed by atoms with Gasteiger partial charge in [0.2, 0.25) is 5.91 Å². The summed E-state index contributed by atoms with van der Waals surface area (Å²) < 4.78 is 126. The predicted molar refractivity (Wildman–Crippen MR) is 314 cm³/mol. The van der Waals surface area contributed by atoms with Gasteiger partial charge in [-0.05, 0) is 85.7 Å². The topological polar surface area (TPSA) is 412 Å². The molecule has 0 aromatic carbocycles. The number of hydrogen-bond acceptors (Lipinski definition) is 29. The van der Waals surface area contributed by atoms with E-state index in [0.29, 0.717) is 69.9 Å². The van der Waals surface area contributed by atoms with Gasteiger partial charge in [0.05, 0.1) is 91.5 Å². The molecule has 39 heteroatoms. The van der Waals surface area contributed by atoms with E-state index in [0.717, 1.165) is 12.8 Å². The Morgan fingerprint density at radius 2 is 1.02 bits per heavy atom. The van der Waals surface area contributed by atoms with Crippen molar-refractivity contribution in [3.05, 3.63) is 0 Å². The maximum Gasteiger partial charge on any atom is 0.319 e.